The van der Waals surface area contributed by atoms with Gasteiger partial charge in [0.15, 0.2) is 0 Å². The Morgan fingerprint density at radius 1 is 1.27 bits per heavy atom. The van der Waals surface area contributed by atoms with E-state index >= 15 is 0 Å². The zero-order chi connectivity index (χ0) is 11.7. The number of nitrogens with zero attached hydrogens (tertiary/aromatic N) is 1. The molecule has 0 saturated carbocycles. The molecule has 0 aromatic carbocycles. The van der Waals surface area contributed by atoms with Crippen LogP contribution in [0.2, 0.25) is 0 Å². The Morgan fingerprint density at radius 2 is 1.93 bits per heavy atom. The lowest BCUT2D eigenvalue weighted by atomic mass is 10.1. The fraction of sp³-hybridized carbons (Fsp3) is 1.00. The maximum atomic E-state index is 9.19. The van der Waals surface area contributed by atoms with E-state index in [0.717, 1.165) is 32.5 Å². The Hall–Kier alpha value is -0.120. The molecule has 2 unspecified atom stereocenters. The van der Waals surface area contributed by atoms with E-state index in [1.54, 1.807) is 7.11 Å². The monoisotopic (exact) mass is 217 g/mol. The highest BCUT2D eigenvalue weighted by atomic mass is 16.5. The highest BCUT2D eigenvalue weighted by Crippen LogP contribution is 2.06. The molecule has 0 radical (unpaired) electrons. The minimum Gasteiger partial charge on any atom is -0.393 e. The molecule has 0 aromatic rings. The molecule has 0 aliphatic carbocycles. The molecule has 2 atom stereocenters. The predicted molar refractivity (Wildman–Crippen MR) is 64.1 cm³/mol. The molecule has 92 valence electrons. The van der Waals surface area contributed by atoms with E-state index in [9.17, 15) is 5.11 Å². The first-order valence-electron chi connectivity index (χ1n) is 6.02. The average Bonchev–Trinajstić information content (AvgIpc) is 2.21. The molecule has 0 aliphatic rings. The van der Waals surface area contributed by atoms with Crippen molar-refractivity contribution in [3.8, 4) is 0 Å². The second-order valence-electron chi connectivity index (χ2n) is 4.28. The van der Waals surface area contributed by atoms with Crippen LogP contribution >= 0.6 is 0 Å². The average molecular weight is 217 g/mol. The summed E-state index contributed by atoms with van der Waals surface area (Å²) in [6, 6.07) is 0.606. The third-order valence-corrected chi connectivity index (χ3v) is 2.86. The van der Waals surface area contributed by atoms with Crippen molar-refractivity contribution in [1.29, 1.82) is 0 Å². The maximum absolute atomic E-state index is 9.19. The summed E-state index contributed by atoms with van der Waals surface area (Å²) in [7, 11) is 1.74. The first-order chi connectivity index (χ1) is 7.11. The molecule has 3 heteroatoms. The lowest BCUT2D eigenvalue weighted by Crippen LogP contribution is -2.36. The number of methoxy groups -OCH3 is 1. The van der Waals surface area contributed by atoms with Gasteiger partial charge in [-0.1, -0.05) is 6.92 Å². The van der Waals surface area contributed by atoms with Gasteiger partial charge in [0.1, 0.15) is 0 Å². The Kier molecular flexibility index (Phi) is 9.06. The molecule has 0 amide bonds. The molecule has 1 N–H and O–H groups in total. The molecule has 0 heterocycles. The van der Waals surface area contributed by atoms with Crippen LogP contribution in [0.15, 0.2) is 0 Å². The van der Waals surface area contributed by atoms with Crippen molar-refractivity contribution in [2.75, 3.05) is 26.8 Å². The Morgan fingerprint density at radius 3 is 2.40 bits per heavy atom. The van der Waals surface area contributed by atoms with Gasteiger partial charge in [-0.3, -0.25) is 4.90 Å². The van der Waals surface area contributed by atoms with E-state index in [2.05, 4.69) is 18.7 Å². The summed E-state index contributed by atoms with van der Waals surface area (Å²) in [5, 5.41) is 9.19. The number of rotatable bonds is 9. The summed E-state index contributed by atoms with van der Waals surface area (Å²) < 4.78 is 5.10. The minimum atomic E-state index is -0.175. The van der Waals surface area contributed by atoms with Crippen LogP contribution in [0.25, 0.3) is 0 Å². The van der Waals surface area contributed by atoms with E-state index in [4.69, 9.17) is 4.74 Å². The van der Waals surface area contributed by atoms with Gasteiger partial charge in [0.25, 0.3) is 0 Å². The molecule has 15 heavy (non-hydrogen) atoms. The maximum Gasteiger partial charge on any atom is 0.0589 e. The van der Waals surface area contributed by atoms with Gasteiger partial charge in [-0.15, -0.1) is 0 Å². The Bertz CT molecular complexity index is 140. The fourth-order valence-corrected chi connectivity index (χ4v) is 1.61. The van der Waals surface area contributed by atoms with Crippen LogP contribution in [0.4, 0.5) is 0 Å². The van der Waals surface area contributed by atoms with Gasteiger partial charge < -0.3 is 9.84 Å². The molecule has 0 rings (SSSR count). The Labute approximate surface area is 94.4 Å². The molecule has 0 saturated heterocycles. The topological polar surface area (TPSA) is 32.7 Å². The molecular weight excluding hydrogens is 190 g/mol. The van der Waals surface area contributed by atoms with Gasteiger partial charge >= 0.3 is 0 Å². The van der Waals surface area contributed by atoms with Crippen molar-refractivity contribution in [2.45, 2.75) is 52.2 Å². The highest BCUT2D eigenvalue weighted by Gasteiger charge is 2.11. The van der Waals surface area contributed by atoms with Crippen LogP contribution in [-0.4, -0.2) is 49.0 Å². The van der Waals surface area contributed by atoms with Crippen molar-refractivity contribution in [1.82, 2.24) is 4.90 Å². The van der Waals surface area contributed by atoms with E-state index in [1.807, 2.05) is 6.92 Å². The van der Waals surface area contributed by atoms with Crippen LogP contribution in [0, 0.1) is 0 Å². The summed E-state index contributed by atoms with van der Waals surface area (Å²) in [6.45, 7) is 9.15. The van der Waals surface area contributed by atoms with E-state index in [0.29, 0.717) is 6.04 Å². The van der Waals surface area contributed by atoms with Crippen LogP contribution in [0.1, 0.15) is 40.0 Å². The normalized spacial score (nSPS) is 15.6. The smallest absolute Gasteiger partial charge is 0.0589 e. The van der Waals surface area contributed by atoms with Crippen molar-refractivity contribution < 1.29 is 9.84 Å². The summed E-state index contributed by atoms with van der Waals surface area (Å²) in [4.78, 5) is 2.44. The SMILES string of the molecule is CCC(C)N(CCCC(C)O)CCOC. The van der Waals surface area contributed by atoms with Gasteiger partial charge in [-0.05, 0) is 39.7 Å². The van der Waals surface area contributed by atoms with Crippen LogP contribution in [0.5, 0.6) is 0 Å². The first-order valence-corrected chi connectivity index (χ1v) is 6.02. The lowest BCUT2D eigenvalue weighted by molar-refractivity contribution is 0.114. The first kappa shape index (κ1) is 14.9. The van der Waals surface area contributed by atoms with Gasteiger partial charge in [0.2, 0.25) is 0 Å². The molecule has 0 aliphatic heterocycles. The number of aliphatic hydroxyl groups excluding tert-OH is 1. The third kappa shape index (κ3) is 7.77. The zero-order valence-electron chi connectivity index (χ0n) is 10.7. The van der Waals surface area contributed by atoms with E-state index in [-0.39, 0.29) is 6.10 Å². The van der Waals surface area contributed by atoms with Crippen LogP contribution in [-0.2, 0) is 4.74 Å². The molecule has 0 bridgehead atoms. The molecule has 3 nitrogen and oxygen atoms in total. The summed E-state index contributed by atoms with van der Waals surface area (Å²) in [5.74, 6) is 0. The second kappa shape index (κ2) is 9.13. The fourth-order valence-electron chi connectivity index (χ4n) is 1.61. The standard InChI is InChI=1S/C12H27NO2/c1-5-11(2)13(9-10-15-4)8-6-7-12(3)14/h11-12,14H,5-10H2,1-4H3. The molecule has 0 aromatic heterocycles. The highest BCUT2D eigenvalue weighted by molar-refractivity contribution is 4.66. The largest absolute Gasteiger partial charge is 0.393 e. The number of hydrogen-bond acceptors (Lipinski definition) is 3. The second-order valence-corrected chi connectivity index (χ2v) is 4.28. The van der Waals surface area contributed by atoms with E-state index in [1.165, 1.54) is 6.42 Å². The zero-order valence-corrected chi connectivity index (χ0v) is 10.7. The number of aliphatic hydroxyl groups is 1. The van der Waals surface area contributed by atoms with Crippen LogP contribution in [0.3, 0.4) is 0 Å². The molecule has 0 fully saturated rings. The van der Waals surface area contributed by atoms with Gasteiger partial charge in [-0.2, -0.15) is 0 Å². The predicted octanol–water partition coefficient (Wildman–Crippen LogP) is 1.89. The van der Waals surface area contributed by atoms with Crippen LogP contribution < -0.4 is 0 Å². The summed E-state index contributed by atoms with van der Waals surface area (Å²) in [6.07, 6.45) is 2.94. The van der Waals surface area contributed by atoms with Gasteiger partial charge in [0, 0.05) is 19.7 Å². The molecule has 0 spiro atoms. The number of hydrogen-bond donors (Lipinski definition) is 1. The quantitative estimate of drug-likeness (QED) is 0.640. The van der Waals surface area contributed by atoms with Crippen molar-refractivity contribution in [3.63, 3.8) is 0 Å². The summed E-state index contributed by atoms with van der Waals surface area (Å²) >= 11 is 0. The van der Waals surface area contributed by atoms with Crippen molar-refractivity contribution in [3.05, 3.63) is 0 Å². The molecular formula is C12H27NO2. The summed E-state index contributed by atoms with van der Waals surface area (Å²) in [5.41, 5.74) is 0. The van der Waals surface area contributed by atoms with Crippen molar-refractivity contribution >= 4 is 0 Å². The minimum absolute atomic E-state index is 0.175. The lowest BCUT2D eigenvalue weighted by Gasteiger charge is -2.28. The van der Waals surface area contributed by atoms with E-state index < -0.39 is 0 Å². The van der Waals surface area contributed by atoms with Gasteiger partial charge in [0.05, 0.1) is 12.7 Å². The number of ether oxygens (including phenoxy) is 1. The van der Waals surface area contributed by atoms with Crippen molar-refractivity contribution in [2.24, 2.45) is 0 Å². The van der Waals surface area contributed by atoms with Gasteiger partial charge in [-0.25, -0.2) is 0 Å². The third-order valence-electron chi connectivity index (χ3n) is 2.86. The Balaban J connectivity index is 3.79.